The van der Waals surface area contributed by atoms with Gasteiger partial charge in [0.05, 0.1) is 11.6 Å². The van der Waals surface area contributed by atoms with Gasteiger partial charge in [-0.3, -0.25) is 4.90 Å². The zero-order chi connectivity index (χ0) is 26.9. The maximum atomic E-state index is 14.3. The maximum Gasteiger partial charge on any atom is 0.416 e. The number of likely N-dealkylation sites (N-methyl/N-ethyl adjacent to an activating group) is 1. The molecule has 0 heterocycles. The molecule has 0 aliphatic heterocycles. The van der Waals surface area contributed by atoms with E-state index >= 15 is 0 Å². The Morgan fingerprint density at radius 3 is 2.06 bits per heavy atom. The lowest BCUT2D eigenvalue weighted by Gasteiger charge is -2.31. The van der Waals surface area contributed by atoms with Gasteiger partial charge in [-0.15, -0.1) is 0 Å². The summed E-state index contributed by atoms with van der Waals surface area (Å²) in [4.78, 5) is 1.93. The third-order valence-electron chi connectivity index (χ3n) is 4.81. The van der Waals surface area contributed by atoms with Gasteiger partial charge in [-0.2, -0.15) is 13.2 Å². The van der Waals surface area contributed by atoms with E-state index < -0.39 is 23.7 Å². The van der Waals surface area contributed by atoms with Crippen LogP contribution in [0.15, 0.2) is 53.8 Å². The number of nitrogens with zero attached hydrogens (tertiary/aromatic N) is 1. The Bertz CT molecular complexity index is 762. The van der Waals surface area contributed by atoms with E-state index in [1.807, 2.05) is 73.2 Å². The molecule has 1 aromatic rings. The molecule has 7 heteroatoms. The first-order chi connectivity index (χ1) is 15.9. The van der Waals surface area contributed by atoms with E-state index in [1.165, 1.54) is 18.9 Å². The average Bonchev–Trinajstić information content (AvgIpc) is 2.78. The fraction of sp³-hybridized carbons (Fsp3) is 0.556. The standard InChI is InChI=1S/C21H29F4N2P.C4H10.C2H6/c1-5-6-7-8-14(2)19(27(4)12-11-15(3)26)17-10-9-16(21(23,24)25)13-18(17)20(22)28;1-3-4-2;1-2/h6-11,13,19-20H,5,12,26,28H2,1-4H3;3-4H2,1-2H3;1-2H3/b7-6-,14-8+,15-11+;;. The number of allylic oxidation sites excluding steroid dienone is 4. The van der Waals surface area contributed by atoms with E-state index in [0.29, 0.717) is 17.8 Å². The van der Waals surface area contributed by atoms with Crippen molar-refractivity contribution in [1.82, 2.24) is 4.90 Å². The van der Waals surface area contributed by atoms with Crippen molar-refractivity contribution in [2.24, 2.45) is 5.73 Å². The molecular formula is C27H45F4N2P. The molecule has 0 aromatic heterocycles. The van der Waals surface area contributed by atoms with Crippen LogP contribution in [0.3, 0.4) is 0 Å². The Hall–Kier alpha value is -1.65. The molecule has 0 fully saturated rings. The van der Waals surface area contributed by atoms with Crippen LogP contribution in [-0.4, -0.2) is 18.5 Å². The zero-order valence-corrected chi connectivity index (χ0v) is 23.3. The molecule has 2 nitrogen and oxygen atoms in total. The summed E-state index contributed by atoms with van der Waals surface area (Å²) in [5.74, 6) is -1.61. The molecule has 34 heavy (non-hydrogen) atoms. The molecular weight excluding hydrogens is 459 g/mol. The van der Waals surface area contributed by atoms with Gasteiger partial charge in [-0.05, 0) is 50.6 Å². The van der Waals surface area contributed by atoms with Crippen molar-refractivity contribution in [3.05, 3.63) is 70.5 Å². The fourth-order valence-corrected chi connectivity index (χ4v) is 3.20. The maximum absolute atomic E-state index is 14.3. The van der Waals surface area contributed by atoms with Gasteiger partial charge in [0.25, 0.3) is 0 Å². The summed E-state index contributed by atoms with van der Waals surface area (Å²) in [6.07, 6.45) is 6.58. The van der Waals surface area contributed by atoms with Crippen LogP contribution >= 0.6 is 9.24 Å². The van der Waals surface area contributed by atoms with Crippen LogP contribution in [0, 0.1) is 0 Å². The average molecular weight is 505 g/mol. The molecule has 3 atom stereocenters. The monoisotopic (exact) mass is 504 g/mol. The van der Waals surface area contributed by atoms with E-state index in [-0.39, 0.29) is 5.56 Å². The molecule has 0 saturated heterocycles. The summed E-state index contributed by atoms with van der Waals surface area (Å²) in [5.41, 5.74) is 6.90. The summed E-state index contributed by atoms with van der Waals surface area (Å²) >= 11 is 0. The summed E-state index contributed by atoms with van der Waals surface area (Å²) in [6, 6.07) is 2.88. The lowest BCUT2D eigenvalue weighted by atomic mass is 9.92. The quantitative estimate of drug-likeness (QED) is 0.206. The largest absolute Gasteiger partial charge is 0.416 e. The number of halogens is 4. The van der Waals surface area contributed by atoms with Crippen LogP contribution in [0.1, 0.15) is 96.4 Å². The first-order valence-corrected chi connectivity index (χ1v) is 12.6. The molecule has 196 valence electrons. The molecule has 0 radical (unpaired) electrons. The number of benzene rings is 1. The van der Waals surface area contributed by atoms with Gasteiger partial charge in [-0.1, -0.05) is 92.6 Å². The van der Waals surface area contributed by atoms with Crippen molar-refractivity contribution >= 4 is 9.24 Å². The van der Waals surface area contributed by atoms with Crippen LogP contribution in [0.5, 0.6) is 0 Å². The van der Waals surface area contributed by atoms with Crippen LogP contribution in [-0.2, 0) is 6.18 Å². The van der Waals surface area contributed by atoms with Gasteiger partial charge in [0.1, 0.15) is 5.91 Å². The lowest BCUT2D eigenvalue weighted by molar-refractivity contribution is -0.137. The van der Waals surface area contributed by atoms with E-state index in [4.69, 9.17) is 5.73 Å². The van der Waals surface area contributed by atoms with Gasteiger partial charge in [0, 0.05) is 12.2 Å². The molecule has 3 unspecified atom stereocenters. The van der Waals surface area contributed by atoms with Gasteiger partial charge in [-0.25, -0.2) is 4.39 Å². The predicted octanol–water partition coefficient (Wildman–Crippen LogP) is 9.13. The molecule has 1 aromatic carbocycles. The van der Waals surface area contributed by atoms with Crippen molar-refractivity contribution in [3.8, 4) is 0 Å². The van der Waals surface area contributed by atoms with Crippen LogP contribution in [0.4, 0.5) is 17.6 Å². The van der Waals surface area contributed by atoms with Crippen LogP contribution in [0.2, 0.25) is 0 Å². The molecule has 0 aliphatic carbocycles. The highest BCUT2D eigenvalue weighted by Gasteiger charge is 2.33. The van der Waals surface area contributed by atoms with Gasteiger partial charge >= 0.3 is 6.18 Å². The summed E-state index contributed by atoms with van der Waals surface area (Å²) in [7, 11) is 3.78. The molecule has 1 rings (SSSR count). The predicted molar refractivity (Wildman–Crippen MR) is 143 cm³/mol. The number of hydrogen-bond donors (Lipinski definition) is 1. The highest BCUT2D eigenvalue weighted by Crippen LogP contribution is 2.40. The second kappa shape index (κ2) is 18.6. The van der Waals surface area contributed by atoms with Gasteiger partial charge in [0.2, 0.25) is 0 Å². The van der Waals surface area contributed by atoms with Crippen molar-refractivity contribution in [2.45, 2.75) is 85.9 Å². The molecule has 0 spiro atoms. The summed E-state index contributed by atoms with van der Waals surface area (Å²) in [5, 5.41) is 0. The zero-order valence-electron chi connectivity index (χ0n) is 22.1. The Morgan fingerprint density at radius 1 is 1.09 bits per heavy atom. The summed E-state index contributed by atoms with van der Waals surface area (Å²) < 4.78 is 53.6. The highest BCUT2D eigenvalue weighted by molar-refractivity contribution is 7.16. The number of alkyl halides is 4. The normalized spacial score (nSPS) is 14.3. The minimum atomic E-state index is -4.53. The SMILES string of the molecule is CC.CC/C=C\C=C(/C)C(c1ccc(C(F)(F)F)cc1C(F)P)N(C)C/C=C(\C)N.CCCC. The van der Waals surface area contributed by atoms with Crippen LogP contribution < -0.4 is 5.73 Å². The third-order valence-corrected chi connectivity index (χ3v) is 5.17. The highest BCUT2D eigenvalue weighted by atomic mass is 31.0. The number of hydrogen-bond acceptors (Lipinski definition) is 2. The molecule has 0 amide bonds. The number of nitrogens with two attached hydrogens (primary N) is 1. The van der Waals surface area contributed by atoms with Crippen molar-refractivity contribution in [3.63, 3.8) is 0 Å². The lowest BCUT2D eigenvalue weighted by Crippen LogP contribution is -2.27. The van der Waals surface area contributed by atoms with Crippen molar-refractivity contribution in [2.75, 3.05) is 13.6 Å². The summed E-state index contributed by atoms with van der Waals surface area (Å²) in [6.45, 7) is 14.5. The molecule has 0 aliphatic rings. The second-order valence-corrected chi connectivity index (χ2v) is 8.37. The topological polar surface area (TPSA) is 29.3 Å². The second-order valence-electron chi connectivity index (χ2n) is 7.78. The van der Waals surface area contributed by atoms with Crippen LogP contribution in [0.25, 0.3) is 0 Å². The number of rotatable bonds is 9. The molecule has 2 N–H and O–H groups in total. The first-order valence-electron chi connectivity index (χ1n) is 12.0. The van der Waals surface area contributed by atoms with E-state index in [0.717, 1.165) is 24.1 Å². The van der Waals surface area contributed by atoms with Gasteiger partial charge < -0.3 is 5.73 Å². The Balaban J connectivity index is 0. The Labute approximate surface area is 207 Å². The minimum Gasteiger partial charge on any atom is -0.402 e. The minimum absolute atomic E-state index is 0.0114. The Kier molecular flexibility index (Phi) is 18.9. The smallest absolute Gasteiger partial charge is 0.402 e. The molecule has 0 bridgehead atoms. The van der Waals surface area contributed by atoms with E-state index in [2.05, 4.69) is 13.8 Å². The van der Waals surface area contributed by atoms with E-state index in [9.17, 15) is 17.6 Å². The first kappa shape index (κ1) is 34.5. The third kappa shape index (κ3) is 13.3. The Morgan fingerprint density at radius 2 is 1.65 bits per heavy atom. The number of unbranched alkanes of at least 4 members (excludes halogenated alkanes) is 1. The van der Waals surface area contributed by atoms with Crippen molar-refractivity contribution in [1.29, 1.82) is 0 Å². The fourth-order valence-electron chi connectivity index (χ4n) is 2.91. The van der Waals surface area contributed by atoms with Crippen molar-refractivity contribution < 1.29 is 17.6 Å². The van der Waals surface area contributed by atoms with E-state index in [1.54, 1.807) is 6.92 Å². The molecule has 0 saturated carbocycles. The van der Waals surface area contributed by atoms with Gasteiger partial charge in [0.15, 0.2) is 0 Å².